The highest BCUT2D eigenvalue weighted by Gasteiger charge is 2.18. The van der Waals surface area contributed by atoms with Crippen LogP contribution in [-0.2, 0) is 0 Å². The Morgan fingerprint density at radius 2 is 2.12 bits per heavy atom. The normalized spacial score (nSPS) is 20.9. The minimum atomic E-state index is -0.306. The molecule has 0 aromatic heterocycles. The SMILES string of the molecule is CN1CCC(CN(C)CCC(N)C#N)CC1. The van der Waals surface area contributed by atoms with E-state index in [1.165, 1.54) is 25.9 Å². The summed E-state index contributed by atoms with van der Waals surface area (Å²) in [7, 11) is 4.31. The molecule has 1 saturated heterocycles. The molecule has 1 unspecified atom stereocenters. The Balaban J connectivity index is 2.14. The van der Waals surface area contributed by atoms with E-state index < -0.39 is 0 Å². The third kappa shape index (κ3) is 4.93. The molecule has 1 atom stereocenters. The monoisotopic (exact) mass is 224 g/mol. The molecule has 0 aliphatic carbocycles. The molecule has 0 aromatic carbocycles. The summed E-state index contributed by atoms with van der Waals surface area (Å²) in [5, 5.41) is 8.60. The molecule has 4 nitrogen and oxygen atoms in total. The fourth-order valence-electron chi connectivity index (χ4n) is 2.20. The highest BCUT2D eigenvalue weighted by molar-refractivity contribution is 4.86. The van der Waals surface area contributed by atoms with Crippen LogP contribution in [0.1, 0.15) is 19.3 Å². The first-order valence-corrected chi connectivity index (χ1v) is 6.14. The van der Waals surface area contributed by atoms with Gasteiger partial charge in [0.1, 0.15) is 0 Å². The van der Waals surface area contributed by atoms with Gasteiger partial charge in [-0.2, -0.15) is 5.26 Å². The number of likely N-dealkylation sites (tertiary alicyclic amines) is 1. The van der Waals surface area contributed by atoms with Gasteiger partial charge in [0, 0.05) is 13.1 Å². The molecule has 4 heteroatoms. The molecular formula is C12H24N4. The maximum Gasteiger partial charge on any atom is 0.0940 e. The number of hydrogen-bond donors (Lipinski definition) is 1. The van der Waals surface area contributed by atoms with Crippen LogP contribution in [0.25, 0.3) is 0 Å². The Hall–Kier alpha value is -0.630. The summed E-state index contributed by atoms with van der Waals surface area (Å²) in [6, 6.07) is 1.77. The molecule has 1 aliphatic rings. The van der Waals surface area contributed by atoms with Gasteiger partial charge in [0.25, 0.3) is 0 Å². The van der Waals surface area contributed by atoms with Crippen LogP contribution in [0.2, 0.25) is 0 Å². The minimum Gasteiger partial charge on any atom is -0.316 e. The average Bonchev–Trinajstić information content (AvgIpc) is 2.29. The van der Waals surface area contributed by atoms with Crippen molar-refractivity contribution in [2.24, 2.45) is 11.7 Å². The summed E-state index contributed by atoms with van der Waals surface area (Å²) < 4.78 is 0. The second-order valence-electron chi connectivity index (χ2n) is 5.03. The Labute approximate surface area is 99.0 Å². The Morgan fingerprint density at radius 3 is 2.69 bits per heavy atom. The largest absolute Gasteiger partial charge is 0.316 e. The van der Waals surface area contributed by atoms with Gasteiger partial charge < -0.3 is 15.5 Å². The fraction of sp³-hybridized carbons (Fsp3) is 0.917. The zero-order valence-electron chi connectivity index (χ0n) is 10.5. The van der Waals surface area contributed by atoms with Gasteiger partial charge in [-0.1, -0.05) is 0 Å². The van der Waals surface area contributed by atoms with Crippen molar-refractivity contribution in [1.29, 1.82) is 5.26 Å². The van der Waals surface area contributed by atoms with Gasteiger partial charge in [-0.05, 0) is 52.4 Å². The van der Waals surface area contributed by atoms with Crippen LogP contribution in [0, 0.1) is 17.2 Å². The van der Waals surface area contributed by atoms with E-state index in [2.05, 4.69) is 30.0 Å². The van der Waals surface area contributed by atoms with Crippen molar-refractivity contribution in [2.75, 3.05) is 40.3 Å². The number of nitriles is 1. The smallest absolute Gasteiger partial charge is 0.0940 e. The summed E-state index contributed by atoms with van der Waals surface area (Å²) in [6.45, 7) is 4.51. The molecule has 1 fully saturated rings. The molecule has 92 valence electrons. The standard InChI is InChI=1S/C12H24N4/c1-15-6-3-11(4-7-15)10-16(2)8-5-12(14)9-13/h11-12H,3-8,10,14H2,1-2H3. The van der Waals surface area contributed by atoms with Crippen LogP contribution < -0.4 is 5.73 Å². The molecule has 0 amide bonds. The fourth-order valence-corrected chi connectivity index (χ4v) is 2.20. The van der Waals surface area contributed by atoms with Crippen molar-refractivity contribution in [3.05, 3.63) is 0 Å². The van der Waals surface area contributed by atoms with E-state index in [4.69, 9.17) is 11.0 Å². The lowest BCUT2D eigenvalue weighted by Crippen LogP contribution is -2.36. The molecule has 1 heterocycles. The van der Waals surface area contributed by atoms with Gasteiger partial charge in [-0.3, -0.25) is 0 Å². The second-order valence-corrected chi connectivity index (χ2v) is 5.03. The van der Waals surface area contributed by atoms with Gasteiger partial charge in [-0.15, -0.1) is 0 Å². The quantitative estimate of drug-likeness (QED) is 0.739. The van der Waals surface area contributed by atoms with Gasteiger partial charge in [0.15, 0.2) is 0 Å². The van der Waals surface area contributed by atoms with Crippen LogP contribution in [0.3, 0.4) is 0 Å². The van der Waals surface area contributed by atoms with Crippen molar-refractivity contribution in [1.82, 2.24) is 9.80 Å². The van der Waals surface area contributed by atoms with E-state index in [0.29, 0.717) is 0 Å². The van der Waals surface area contributed by atoms with E-state index in [9.17, 15) is 0 Å². The third-order valence-electron chi connectivity index (χ3n) is 3.40. The summed E-state index contributed by atoms with van der Waals surface area (Å²) in [4.78, 5) is 4.70. The first-order chi connectivity index (χ1) is 7.61. The molecule has 0 bridgehead atoms. The van der Waals surface area contributed by atoms with Crippen molar-refractivity contribution < 1.29 is 0 Å². The van der Waals surface area contributed by atoms with Crippen LogP contribution in [0.5, 0.6) is 0 Å². The van der Waals surface area contributed by atoms with Crippen LogP contribution >= 0.6 is 0 Å². The minimum absolute atomic E-state index is 0.306. The maximum atomic E-state index is 8.60. The summed E-state index contributed by atoms with van der Waals surface area (Å²) >= 11 is 0. The van der Waals surface area contributed by atoms with Gasteiger partial charge in [0.05, 0.1) is 12.1 Å². The van der Waals surface area contributed by atoms with Gasteiger partial charge in [-0.25, -0.2) is 0 Å². The Morgan fingerprint density at radius 1 is 1.50 bits per heavy atom. The summed E-state index contributed by atoms with van der Waals surface area (Å²) in [6.07, 6.45) is 3.37. The van der Waals surface area contributed by atoms with Crippen molar-refractivity contribution in [2.45, 2.75) is 25.3 Å². The molecule has 2 N–H and O–H groups in total. The van der Waals surface area contributed by atoms with Crippen LogP contribution in [0.4, 0.5) is 0 Å². The summed E-state index contributed by atoms with van der Waals surface area (Å²) in [5.74, 6) is 0.819. The maximum absolute atomic E-state index is 8.60. The Bertz CT molecular complexity index is 228. The molecular weight excluding hydrogens is 200 g/mol. The Kier molecular flexibility index (Phi) is 5.75. The van der Waals surface area contributed by atoms with Gasteiger partial charge >= 0.3 is 0 Å². The van der Waals surface area contributed by atoms with Crippen LogP contribution in [0.15, 0.2) is 0 Å². The predicted molar refractivity (Wildman–Crippen MR) is 65.9 cm³/mol. The highest BCUT2D eigenvalue weighted by atomic mass is 15.1. The van der Waals surface area contributed by atoms with E-state index in [1.54, 1.807) is 0 Å². The van der Waals surface area contributed by atoms with Crippen molar-refractivity contribution >= 4 is 0 Å². The molecule has 16 heavy (non-hydrogen) atoms. The number of piperidine rings is 1. The second kappa shape index (κ2) is 6.85. The van der Waals surface area contributed by atoms with E-state index in [1.807, 2.05) is 0 Å². The zero-order valence-corrected chi connectivity index (χ0v) is 10.5. The molecule has 1 rings (SSSR count). The number of hydrogen-bond acceptors (Lipinski definition) is 4. The zero-order chi connectivity index (χ0) is 12.0. The van der Waals surface area contributed by atoms with E-state index >= 15 is 0 Å². The lowest BCUT2D eigenvalue weighted by atomic mass is 9.96. The highest BCUT2D eigenvalue weighted by Crippen LogP contribution is 2.16. The molecule has 1 aliphatic heterocycles. The number of nitrogens with zero attached hydrogens (tertiary/aromatic N) is 3. The summed E-state index contributed by atoms with van der Waals surface area (Å²) in [5.41, 5.74) is 5.58. The predicted octanol–water partition coefficient (Wildman–Crippen LogP) is 0.501. The topological polar surface area (TPSA) is 56.3 Å². The number of rotatable bonds is 5. The van der Waals surface area contributed by atoms with Crippen molar-refractivity contribution in [3.8, 4) is 6.07 Å². The van der Waals surface area contributed by atoms with Crippen LogP contribution in [-0.4, -0.2) is 56.1 Å². The first-order valence-electron chi connectivity index (χ1n) is 6.14. The van der Waals surface area contributed by atoms with Crippen molar-refractivity contribution in [3.63, 3.8) is 0 Å². The van der Waals surface area contributed by atoms with E-state index in [-0.39, 0.29) is 6.04 Å². The lowest BCUT2D eigenvalue weighted by molar-refractivity contribution is 0.175. The molecule has 0 saturated carbocycles. The van der Waals surface area contributed by atoms with E-state index in [0.717, 1.165) is 25.4 Å². The molecule has 0 spiro atoms. The lowest BCUT2D eigenvalue weighted by Gasteiger charge is -2.31. The van der Waals surface area contributed by atoms with Gasteiger partial charge in [0.2, 0.25) is 0 Å². The third-order valence-corrected chi connectivity index (χ3v) is 3.40. The first kappa shape index (κ1) is 13.4. The molecule has 0 aromatic rings. The number of nitrogens with two attached hydrogens (primary N) is 1. The average molecular weight is 224 g/mol. The molecule has 0 radical (unpaired) electrons.